The van der Waals surface area contributed by atoms with E-state index in [1.54, 1.807) is 24.4 Å². The van der Waals surface area contributed by atoms with Gasteiger partial charge in [-0.3, -0.25) is 4.79 Å². The molecule has 5 nitrogen and oxygen atoms in total. The van der Waals surface area contributed by atoms with Gasteiger partial charge in [-0.25, -0.2) is 13.8 Å². The van der Waals surface area contributed by atoms with Gasteiger partial charge in [0.15, 0.2) is 11.5 Å². The van der Waals surface area contributed by atoms with Crippen LogP contribution < -0.4 is 5.73 Å². The molecule has 2 aromatic carbocycles. The number of hydrogen-bond donors (Lipinski definition) is 2. The first kappa shape index (κ1) is 15.1. The van der Waals surface area contributed by atoms with Crippen molar-refractivity contribution in [3.05, 3.63) is 66.0 Å². The molecule has 2 heterocycles. The molecule has 124 valence electrons. The van der Waals surface area contributed by atoms with Crippen molar-refractivity contribution >= 4 is 16.8 Å². The second-order valence-corrected chi connectivity index (χ2v) is 5.40. The van der Waals surface area contributed by atoms with Gasteiger partial charge in [-0.05, 0) is 24.3 Å². The molecule has 7 heteroatoms. The van der Waals surface area contributed by atoms with Crippen molar-refractivity contribution in [1.82, 2.24) is 9.97 Å². The summed E-state index contributed by atoms with van der Waals surface area (Å²) < 4.78 is 33.6. The molecule has 0 saturated heterocycles. The van der Waals surface area contributed by atoms with Crippen LogP contribution in [-0.4, -0.2) is 15.9 Å². The molecule has 0 bridgehead atoms. The summed E-state index contributed by atoms with van der Waals surface area (Å²) >= 11 is 0. The minimum absolute atomic E-state index is 0.0651. The van der Waals surface area contributed by atoms with Gasteiger partial charge in [-0.15, -0.1) is 0 Å². The van der Waals surface area contributed by atoms with Crippen LogP contribution >= 0.6 is 0 Å². The lowest BCUT2D eigenvalue weighted by molar-refractivity contribution is 0.0996. The van der Waals surface area contributed by atoms with E-state index in [1.165, 1.54) is 6.07 Å². The average Bonchev–Trinajstić information content (AvgIpc) is 3.21. The lowest BCUT2D eigenvalue weighted by Crippen LogP contribution is -2.12. The SMILES string of the molecule is NC(=O)c1nc(-c2c(F)cccc2F)oc1-c1cccc2[nH]ccc12. The van der Waals surface area contributed by atoms with Crippen molar-refractivity contribution in [1.29, 1.82) is 0 Å². The van der Waals surface area contributed by atoms with Crippen LogP contribution in [0.3, 0.4) is 0 Å². The number of carbonyl (C=O) groups is 1. The van der Waals surface area contributed by atoms with E-state index in [0.29, 0.717) is 5.56 Å². The van der Waals surface area contributed by atoms with E-state index in [9.17, 15) is 13.6 Å². The first-order valence-electron chi connectivity index (χ1n) is 7.37. The van der Waals surface area contributed by atoms with Gasteiger partial charge in [0.2, 0.25) is 5.89 Å². The zero-order valence-electron chi connectivity index (χ0n) is 12.7. The second kappa shape index (κ2) is 5.55. The maximum absolute atomic E-state index is 14.0. The van der Waals surface area contributed by atoms with Crippen molar-refractivity contribution < 1.29 is 18.0 Å². The van der Waals surface area contributed by atoms with E-state index in [2.05, 4.69) is 9.97 Å². The Balaban J connectivity index is 1.99. The van der Waals surface area contributed by atoms with Gasteiger partial charge in [0.05, 0.1) is 0 Å². The van der Waals surface area contributed by atoms with E-state index in [0.717, 1.165) is 23.0 Å². The molecule has 0 fully saturated rings. The van der Waals surface area contributed by atoms with Crippen molar-refractivity contribution in [2.24, 2.45) is 5.73 Å². The Morgan fingerprint density at radius 2 is 1.80 bits per heavy atom. The van der Waals surface area contributed by atoms with Crippen LogP contribution in [0.5, 0.6) is 0 Å². The zero-order valence-corrected chi connectivity index (χ0v) is 12.7. The normalized spacial score (nSPS) is 11.1. The first-order chi connectivity index (χ1) is 12.1. The van der Waals surface area contributed by atoms with Crippen molar-refractivity contribution in [2.75, 3.05) is 0 Å². The summed E-state index contributed by atoms with van der Waals surface area (Å²) in [6, 6.07) is 10.5. The molecule has 0 aliphatic heterocycles. The number of amides is 1. The molecule has 0 aliphatic rings. The summed E-state index contributed by atoms with van der Waals surface area (Å²) in [6.45, 7) is 0. The molecule has 2 aromatic heterocycles. The molecular weight excluding hydrogens is 328 g/mol. The molecule has 0 radical (unpaired) electrons. The summed E-state index contributed by atoms with van der Waals surface area (Å²) in [5, 5.41) is 0.765. The molecule has 0 spiro atoms. The number of hydrogen-bond acceptors (Lipinski definition) is 3. The standard InChI is InChI=1S/C18H11F2N3O2/c19-11-4-2-5-12(20)14(11)18-23-15(17(21)24)16(25-18)10-3-1-6-13-9(10)7-8-22-13/h1-8,22H,(H2,21,24). The molecule has 1 amide bonds. The smallest absolute Gasteiger partial charge is 0.271 e. The van der Waals surface area contributed by atoms with Gasteiger partial charge >= 0.3 is 0 Å². The van der Waals surface area contributed by atoms with E-state index < -0.39 is 23.1 Å². The zero-order chi connectivity index (χ0) is 17.6. The van der Waals surface area contributed by atoms with Crippen LogP contribution in [0.4, 0.5) is 8.78 Å². The monoisotopic (exact) mass is 339 g/mol. The summed E-state index contributed by atoms with van der Waals surface area (Å²) in [4.78, 5) is 18.8. The number of aromatic amines is 1. The number of carbonyl (C=O) groups excluding carboxylic acids is 1. The van der Waals surface area contributed by atoms with Crippen LogP contribution in [0.15, 0.2) is 53.1 Å². The third-order valence-electron chi connectivity index (χ3n) is 3.88. The first-order valence-corrected chi connectivity index (χ1v) is 7.37. The minimum Gasteiger partial charge on any atom is -0.435 e. The van der Waals surface area contributed by atoms with Gasteiger partial charge in [0.1, 0.15) is 17.2 Å². The van der Waals surface area contributed by atoms with Gasteiger partial charge < -0.3 is 15.1 Å². The fourth-order valence-corrected chi connectivity index (χ4v) is 2.76. The third kappa shape index (κ3) is 2.37. The van der Waals surface area contributed by atoms with Crippen LogP contribution in [0.25, 0.3) is 33.7 Å². The number of nitrogens with one attached hydrogen (secondary N) is 1. The topological polar surface area (TPSA) is 84.9 Å². The van der Waals surface area contributed by atoms with E-state index in [4.69, 9.17) is 10.2 Å². The Morgan fingerprint density at radius 3 is 2.52 bits per heavy atom. The Labute approximate surface area is 140 Å². The average molecular weight is 339 g/mol. The summed E-state index contributed by atoms with van der Waals surface area (Å²) in [5.74, 6) is -2.82. The fraction of sp³-hybridized carbons (Fsp3) is 0. The van der Waals surface area contributed by atoms with E-state index in [1.807, 2.05) is 6.07 Å². The second-order valence-electron chi connectivity index (χ2n) is 5.40. The molecule has 0 atom stereocenters. The Bertz CT molecular complexity index is 1090. The van der Waals surface area contributed by atoms with Crippen molar-refractivity contribution in [3.63, 3.8) is 0 Å². The van der Waals surface area contributed by atoms with Gasteiger partial charge in [-0.1, -0.05) is 18.2 Å². The predicted octanol–water partition coefficient (Wildman–Crippen LogP) is 3.87. The number of halogens is 2. The molecule has 0 aliphatic carbocycles. The number of aromatic nitrogens is 2. The molecule has 3 N–H and O–H groups in total. The molecule has 0 saturated carbocycles. The quantitative estimate of drug-likeness (QED) is 0.594. The molecule has 4 rings (SSSR count). The van der Waals surface area contributed by atoms with Gasteiger partial charge in [0.25, 0.3) is 5.91 Å². The predicted molar refractivity (Wildman–Crippen MR) is 87.7 cm³/mol. The number of oxazole rings is 1. The highest BCUT2D eigenvalue weighted by Crippen LogP contribution is 2.35. The largest absolute Gasteiger partial charge is 0.435 e. The number of benzene rings is 2. The summed E-state index contributed by atoms with van der Waals surface area (Å²) in [5.41, 5.74) is 6.10. The molecule has 0 unspecified atom stereocenters. The number of nitrogens with zero attached hydrogens (tertiary/aromatic N) is 1. The Kier molecular flexibility index (Phi) is 3.35. The molecular formula is C18H11F2N3O2. The highest BCUT2D eigenvalue weighted by molar-refractivity contribution is 6.02. The third-order valence-corrected chi connectivity index (χ3v) is 3.88. The van der Waals surface area contributed by atoms with Gasteiger partial charge in [0, 0.05) is 22.7 Å². The minimum atomic E-state index is -0.853. The van der Waals surface area contributed by atoms with E-state index in [-0.39, 0.29) is 17.3 Å². The fourth-order valence-electron chi connectivity index (χ4n) is 2.76. The van der Waals surface area contributed by atoms with Crippen LogP contribution in [0.1, 0.15) is 10.5 Å². The Hall–Kier alpha value is -3.48. The van der Waals surface area contributed by atoms with Crippen molar-refractivity contribution in [3.8, 4) is 22.8 Å². The Morgan fingerprint density at radius 1 is 1.08 bits per heavy atom. The summed E-state index contributed by atoms with van der Waals surface area (Å²) in [7, 11) is 0. The highest BCUT2D eigenvalue weighted by Gasteiger charge is 2.25. The van der Waals surface area contributed by atoms with E-state index >= 15 is 0 Å². The molecule has 25 heavy (non-hydrogen) atoms. The maximum Gasteiger partial charge on any atom is 0.271 e. The van der Waals surface area contributed by atoms with Crippen LogP contribution in [-0.2, 0) is 0 Å². The highest BCUT2D eigenvalue weighted by atomic mass is 19.1. The molecule has 4 aromatic rings. The number of fused-ring (bicyclic) bond motifs is 1. The number of H-pyrrole nitrogens is 1. The number of nitrogens with two attached hydrogens (primary N) is 1. The van der Waals surface area contributed by atoms with Crippen molar-refractivity contribution in [2.45, 2.75) is 0 Å². The summed E-state index contributed by atoms with van der Waals surface area (Å²) in [6.07, 6.45) is 1.73. The lowest BCUT2D eigenvalue weighted by atomic mass is 10.1. The maximum atomic E-state index is 14.0. The number of primary amides is 1. The lowest BCUT2D eigenvalue weighted by Gasteiger charge is -2.01. The van der Waals surface area contributed by atoms with Crippen LogP contribution in [0, 0.1) is 11.6 Å². The van der Waals surface area contributed by atoms with Gasteiger partial charge in [-0.2, -0.15) is 0 Å². The number of rotatable bonds is 3. The van der Waals surface area contributed by atoms with Crippen LogP contribution in [0.2, 0.25) is 0 Å².